The van der Waals surface area contributed by atoms with Crippen LogP contribution in [-0.4, -0.2) is 49.3 Å². The van der Waals surface area contributed by atoms with Gasteiger partial charge in [-0.05, 0) is 23.3 Å². The second-order valence-corrected chi connectivity index (χ2v) is 5.43. The quantitative estimate of drug-likeness (QED) is 0.233. The van der Waals surface area contributed by atoms with Crippen molar-refractivity contribution in [2.24, 2.45) is 0 Å². The van der Waals surface area contributed by atoms with Crippen LogP contribution in [0.5, 0.6) is 0 Å². The van der Waals surface area contributed by atoms with Crippen LogP contribution in [-0.2, 0) is 0 Å². The Kier molecular flexibility index (Phi) is 10.7. The summed E-state index contributed by atoms with van der Waals surface area (Å²) in [7, 11) is 0. The van der Waals surface area contributed by atoms with Crippen LogP contribution < -0.4 is 9.89 Å². The minimum Gasteiger partial charge on any atom is -0.395 e. The number of aliphatic hydroxyl groups is 2. The number of hydrogen-bond acceptors (Lipinski definition) is 3. The summed E-state index contributed by atoms with van der Waals surface area (Å²) in [5, 5.41) is 18.2. The summed E-state index contributed by atoms with van der Waals surface area (Å²) in [6, 6.07) is 8.01. The molecule has 0 saturated heterocycles. The first-order chi connectivity index (χ1) is 12.2. The van der Waals surface area contributed by atoms with E-state index in [0.29, 0.717) is 13.1 Å². The van der Waals surface area contributed by atoms with E-state index in [1.807, 2.05) is 59.7 Å². The standard InChI is InChI=1S/C21H28N2O2/c1-3-5-13-22-14-12-19(4-2)6-7-20-8-10-21(11-9-20)23(15-17-24)16-18-25/h3-4,6-12,14,24-25H,1-2,5,13,15-18H2/p+1/b7-6+,19-12+,22-14?. The molecule has 0 bridgehead atoms. The van der Waals surface area contributed by atoms with Crippen molar-refractivity contribution >= 4 is 18.0 Å². The van der Waals surface area contributed by atoms with Gasteiger partial charge in [0.15, 0.2) is 6.21 Å². The fourth-order valence-electron chi connectivity index (χ4n) is 2.22. The number of nitrogens with one attached hydrogen (secondary N) is 1. The maximum Gasteiger partial charge on any atom is 0.162 e. The summed E-state index contributed by atoms with van der Waals surface area (Å²) in [5.41, 5.74) is 3.07. The van der Waals surface area contributed by atoms with E-state index < -0.39 is 0 Å². The van der Waals surface area contributed by atoms with Crippen LogP contribution in [0.25, 0.3) is 6.08 Å². The minimum atomic E-state index is 0.0620. The highest BCUT2D eigenvalue weighted by Gasteiger charge is 2.04. The molecule has 0 spiro atoms. The van der Waals surface area contributed by atoms with E-state index in [0.717, 1.165) is 29.8 Å². The normalized spacial score (nSPS) is 12.0. The van der Waals surface area contributed by atoms with Gasteiger partial charge in [-0.15, -0.1) is 6.58 Å². The van der Waals surface area contributed by atoms with Crippen LogP contribution in [0.3, 0.4) is 0 Å². The maximum atomic E-state index is 9.11. The Morgan fingerprint density at radius 3 is 2.32 bits per heavy atom. The van der Waals surface area contributed by atoms with Crippen molar-refractivity contribution in [2.45, 2.75) is 6.42 Å². The number of rotatable bonds is 12. The fourth-order valence-corrected chi connectivity index (χ4v) is 2.22. The van der Waals surface area contributed by atoms with Gasteiger partial charge in [-0.25, -0.2) is 4.99 Å². The predicted molar refractivity (Wildman–Crippen MR) is 107 cm³/mol. The lowest BCUT2D eigenvalue weighted by Gasteiger charge is -2.22. The first-order valence-corrected chi connectivity index (χ1v) is 8.50. The van der Waals surface area contributed by atoms with Crippen molar-refractivity contribution in [1.29, 1.82) is 0 Å². The van der Waals surface area contributed by atoms with Gasteiger partial charge in [-0.3, -0.25) is 0 Å². The summed E-state index contributed by atoms with van der Waals surface area (Å²) >= 11 is 0. The SMILES string of the molecule is C=CCC[NH+]=C/C=C(C=C)/C=C/c1ccc(N(CCO)CCO)cc1. The zero-order chi connectivity index (χ0) is 18.3. The maximum absolute atomic E-state index is 9.11. The lowest BCUT2D eigenvalue weighted by Crippen LogP contribution is -2.68. The van der Waals surface area contributed by atoms with Crippen molar-refractivity contribution in [1.82, 2.24) is 0 Å². The molecule has 0 heterocycles. The highest BCUT2D eigenvalue weighted by Crippen LogP contribution is 2.16. The molecule has 0 atom stereocenters. The molecule has 0 fully saturated rings. The minimum absolute atomic E-state index is 0.0620. The molecule has 4 nitrogen and oxygen atoms in total. The molecule has 0 aliphatic carbocycles. The van der Waals surface area contributed by atoms with E-state index in [4.69, 9.17) is 10.2 Å². The van der Waals surface area contributed by atoms with Crippen molar-refractivity contribution in [3.63, 3.8) is 0 Å². The summed E-state index contributed by atoms with van der Waals surface area (Å²) in [6.07, 6.45) is 12.5. The summed E-state index contributed by atoms with van der Waals surface area (Å²) in [4.78, 5) is 5.14. The molecule has 0 aliphatic rings. The molecule has 0 amide bonds. The summed E-state index contributed by atoms with van der Waals surface area (Å²) < 4.78 is 0. The number of hydrogen-bond donors (Lipinski definition) is 3. The predicted octanol–water partition coefficient (Wildman–Crippen LogP) is 1.33. The summed E-state index contributed by atoms with van der Waals surface area (Å²) in [5.74, 6) is 0. The number of allylic oxidation sites excluding steroid dienone is 4. The number of nitrogens with zero attached hydrogens (tertiary/aromatic N) is 1. The van der Waals surface area contributed by atoms with Gasteiger partial charge in [0.25, 0.3) is 0 Å². The van der Waals surface area contributed by atoms with Crippen molar-refractivity contribution in [3.05, 3.63) is 72.9 Å². The zero-order valence-corrected chi connectivity index (χ0v) is 14.8. The van der Waals surface area contributed by atoms with Crippen molar-refractivity contribution < 1.29 is 15.2 Å². The molecule has 3 N–H and O–H groups in total. The van der Waals surface area contributed by atoms with Gasteiger partial charge in [0, 0.05) is 31.3 Å². The fraction of sp³-hybridized carbons (Fsp3) is 0.286. The monoisotopic (exact) mass is 341 g/mol. The molecule has 1 aromatic rings. The second-order valence-electron chi connectivity index (χ2n) is 5.43. The highest BCUT2D eigenvalue weighted by molar-refractivity contribution is 5.70. The molecule has 0 radical (unpaired) electrons. The van der Waals surface area contributed by atoms with E-state index in [1.54, 1.807) is 6.08 Å². The lowest BCUT2D eigenvalue weighted by molar-refractivity contribution is -0.449. The van der Waals surface area contributed by atoms with E-state index in [-0.39, 0.29) is 13.2 Å². The Bertz CT molecular complexity index is 595. The van der Waals surface area contributed by atoms with Gasteiger partial charge in [-0.2, -0.15) is 0 Å². The average molecular weight is 341 g/mol. The van der Waals surface area contributed by atoms with E-state index in [2.05, 4.69) is 18.2 Å². The third-order valence-corrected chi connectivity index (χ3v) is 3.59. The Morgan fingerprint density at radius 1 is 1.08 bits per heavy atom. The van der Waals surface area contributed by atoms with Crippen LogP contribution in [0, 0.1) is 0 Å². The van der Waals surface area contributed by atoms with Crippen LogP contribution in [0.2, 0.25) is 0 Å². The van der Waals surface area contributed by atoms with Gasteiger partial charge < -0.3 is 15.1 Å². The van der Waals surface area contributed by atoms with Gasteiger partial charge in [0.1, 0.15) is 6.54 Å². The van der Waals surface area contributed by atoms with Crippen LogP contribution in [0.15, 0.2) is 67.3 Å². The highest BCUT2D eigenvalue weighted by atomic mass is 16.3. The molecular weight excluding hydrogens is 312 g/mol. The molecule has 0 unspecified atom stereocenters. The van der Waals surface area contributed by atoms with Crippen molar-refractivity contribution in [2.75, 3.05) is 37.7 Å². The molecule has 1 aromatic carbocycles. The third-order valence-electron chi connectivity index (χ3n) is 3.59. The lowest BCUT2D eigenvalue weighted by atomic mass is 10.1. The molecule has 0 aromatic heterocycles. The van der Waals surface area contributed by atoms with Crippen LogP contribution in [0.4, 0.5) is 5.69 Å². The van der Waals surface area contributed by atoms with E-state index in [1.165, 1.54) is 0 Å². The van der Waals surface area contributed by atoms with E-state index in [9.17, 15) is 0 Å². The van der Waals surface area contributed by atoms with E-state index >= 15 is 0 Å². The largest absolute Gasteiger partial charge is 0.395 e. The number of benzene rings is 1. The third kappa shape index (κ3) is 8.29. The van der Waals surface area contributed by atoms with Gasteiger partial charge in [0.05, 0.1) is 13.2 Å². The molecule has 4 heteroatoms. The molecule has 134 valence electrons. The molecule has 0 aliphatic heterocycles. The average Bonchev–Trinajstić information content (AvgIpc) is 2.64. The first kappa shape index (κ1) is 20.6. The van der Waals surface area contributed by atoms with Gasteiger partial charge >= 0.3 is 0 Å². The van der Waals surface area contributed by atoms with Crippen LogP contribution >= 0.6 is 0 Å². The number of aliphatic hydroxyl groups excluding tert-OH is 2. The zero-order valence-electron chi connectivity index (χ0n) is 14.8. The Labute approximate surface area is 150 Å². The second kappa shape index (κ2) is 12.9. The number of anilines is 1. The van der Waals surface area contributed by atoms with Crippen molar-refractivity contribution in [3.8, 4) is 0 Å². The van der Waals surface area contributed by atoms with Crippen LogP contribution in [0.1, 0.15) is 12.0 Å². The van der Waals surface area contributed by atoms with Gasteiger partial charge in [0.2, 0.25) is 0 Å². The molecule has 1 rings (SSSR count). The first-order valence-electron chi connectivity index (χ1n) is 8.50. The summed E-state index contributed by atoms with van der Waals surface area (Å²) in [6.45, 7) is 9.52. The Hall–Kier alpha value is -2.43. The smallest absolute Gasteiger partial charge is 0.162 e. The Morgan fingerprint density at radius 2 is 1.76 bits per heavy atom. The molecular formula is C21H29N2O2+. The Balaban J connectivity index is 2.72. The topological polar surface area (TPSA) is 57.7 Å². The molecule has 0 saturated carbocycles. The molecule has 25 heavy (non-hydrogen) atoms. The van der Waals surface area contributed by atoms with Gasteiger partial charge in [-0.1, -0.05) is 43.0 Å².